The van der Waals surface area contributed by atoms with Crippen molar-refractivity contribution < 1.29 is 23.7 Å². The number of hydrogen-bond donors (Lipinski definition) is 2. The number of nitrogens with one attached hydrogen (secondary N) is 1. The van der Waals surface area contributed by atoms with Crippen LogP contribution < -0.4 is 0 Å². The molecule has 0 amide bonds. The van der Waals surface area contributed by atoms with Gasteiger partial charge in [0.1, 0.15) is 30.1 Å². The molecule has 2 unspecified atom stereocenters. The predicted molar refractivity (Wildman–Crippen MR) is 121 cm³/mol. The second-order valence-electron chi connectivity index (χ2n) is 8.50. The number of rotatable bonds is 5. The molecule has 7 heteroatoms. The number of benzene rings is 2. The standard InChI is InChI=1S/C26H23FN2O4/c27-19-11-21-20(10-18(28-21)12-31-23-14-33-25-22(30)13-32-26(23)25)29-24(19)17-8-6-16(7-9-17)15-4-2-1-3-5-15/h1-11,22-23,25-26,28,30H,12-14H2/t22?,23?,25-,26-/m1/s1. The van der Waals surface area contributed by atoms with Gasteiger partial charge in [-0.05, 0) is 17.2 Å². The van der Waals surface area contributed by atoms with E-state index in [1.165, 1.54) is 6.07 Å². The fourth-order valence-electron chi connectivity index (χ4n) is 4.60. The van der Waals surface area contributed by atoms with E-state index in [0.717, 1.165) is 22.4 Å². The first-order valence-electron chi connectivity index (χ1n) is 11.0. The Kier molecular flexibility index (Phi) is 5.19. The number of pyridine rings is 1. The van der Waals surface area contributed by atoms with E-state index in [9.17, 15) is 9.50 Å². The van der Waals surface area contributed by atoms with Crippen LogP contribution in [0.4, 0.5) is 4.39 Å². The molecule has 2 N–H and O–H groups in total. The van der Waals surface area contributed by atoms with Crippen LogP contribution in [0.2, 0.25) is 0 Å². The van der Waals surface area contributed by atoms with Crippen molar-refractivity contribution in [1.29, 1.82) is 0 Å². The van der Waals surface area contributed by atoms with Gasteiger partial charge in [-0.15, -0.1) is 0 Å². The first-order chi connectivity index (χ1) is 16.2. The SMILES string of the molecule is OC1CO[C@@H]2C(OCc3cc4nc(-c5ccc(-c6ccccc6)cc5)c(F)cc4[nH]3)CO[C@H]12. The van der Waals surface area contributed by atoms with Crippen LogP contribution in [0, 0.1) is 5.82 Å². The molecule has 33 heavy (non-hydrogen) atoms. The Bertz CT molecular complexity index is 1270. The van der Waals surface area contributed by atoms with Gasteiger partial charge in [0.25, 0.3) is 0 Å². The van der Waals surface area contributed by atoms with E-state index >= 15 is 0 Å². The first kappa shape index (κ1) is 20.5. The van der Waals surface area contributed by atoms with E-state index in [2.05, 4.69) is 9.97 Å². The maximum atomic E-state index is 14.9. The van der Waals surface area contributed by atoms with Crippen LogP contribution in [-0.2, 0) is 20.8 Å². The Hall–Kier alpha value is -3.10. The minimum Gasteiger partial charge on any atom is -0.388 e. The van der Waals surface area contributed by atoms with Gasteiger partial charge < -0.3 is 24.3 Å². The molecule has 0 bridgehead atoms. The summed E-state index contributed by atoms with van der Waals surface area (Å²) in [5, 5.41) is 9.86. The quantitative estimate of drug-likeness (QED) is 0.483. The fraction of sp³-hybridized carbons (Fsp3) is 0.269. The lowest BCUT2D eigenvalue weighted by Crippen LogP contribution is -2.32. The minimum absolute atomic E-state index is 0.248. The van der Waals surface area contributed by atoms with Crippen molar-refractivity contribution in [3.8, 4) is 22.4 Å². The number of aliphatic hydroxyl groups is 1. The number of H-pyrrole nitrogens is 1. The molecule has 2 saturated heterocycles. The Balaban J connectivity index is 1.20. The summed E-state index contributed by atoms with van der Waals surface area (Å²) in [4.78, 5) is 7.75. The maximum Gasteiger partial charge on any atom is 0.151 e. The molecule has 0 saturated carbocycles. The van der Waals surface area contributed by atoms with E-state index < -0.39 is 6.10 Å². The van der Waals surface area contributed by atoms with Gasteiger partial charge in [-0.25, -0.2) is 9.37 Å². The van der Waals surface area contributed by atoms with Crippen molar-refractivity contribution in [2.24, 2.45) is 0 Å². The summed E-state index contributed by atoms with van der Waals surface area (Å²) in [6.07, 6.45) is -1.44. The number of ether oxygens (including phenoxy) is 3. The average molecular weight is 446 g/mol. The molecule has 2 aromatic heterocycles. The lowest BCUT2D eigenvalue weighted by atomic mass is 10.0. The number of aromatic nitrogens is 2. The largest absolute Gasteiger partial charge is 0.388 e. The monoisotopic (exact) mass is 446 g/mol. The summed E-state index contributed by atoms with van der Waals surface area (Å²) < 4.78 is 32.0. The number of halogens is 1. The van der Waals surface area contributed by atoms with Gasteiger partial charge in [0.2, 0.25) is 0 Å². The number of nitrogens with zero attached hydrogens (tertiary/aromatic N) is 1. The zero-order valence-corrected chi connectivity index (χ0v) is 17.8. The normalized spacial score (nSPS) is 24.4. The Morgan fingerprint density at radius 3 is 2.48 bits per heavy atom. The smallest absolute Gasteiger partial charge is 0.151 e. The van der Waals surface area contributed by atoms with Crippen LogP contribution in [0.1, 0.15) is 5.69 Å². The molecule has 2 aliphatic rings. The molecule has 6 rings (SSSR count). The van der Waals surface area contributed by atoms with Crippen molar-refractivity contribution >= 4 is 11.0 Å². The third-order valence-electron chi connectivity index (χ3n) is 6.31. The lowest BCUT2D eigenvalue weighted by Gasteiger charge is -2.16. The van der Waals surface area contributed by atoms with E-state index in [-0.39, 0.29) is 37.3 Å². The predicted octanol–water partition coefficient (Wildman–Crippen LogP) is 4.08. The molecule has 4 heterocycles. The average Bonchev–Trinajstić information content (AvgIpc) is 3.54. The van der Waals surface area contributed by atoms with E-state index in [1.54, 1.807) is 0 Å². The maximum absolute atomic E-state index is 14.9. The van der Waals surface area contributed by atoms with Gasteiger partial charge >= 0.3 is 0 Å². The third-order valence-corrected chi connectivity index (χ3v) is 6.31. The van der Waals surface area contributed by atoms with Crippen LogP contribution in [-0.4, -0.2) is 52.7 Å². The van der Waals surface area contributed by atoms with Crippen molar-refractivity contribution in [3.05, 3.63) is 78.2 Å². The van der Waals surface area contributed by atoms with Gasteiger partial charge in [-0.1, -0.05) is 54.6 Å². The Morgan fingerprint density at radius 2 is 1.67 bits per heavy atom. The molecule has 2 aromatic carbocycles. The minimum atomic E-state index is -0.607. The van der Waals surface area contributed by atoms with Gasteiger partial charge in [-0.2, -0.15) is 0 Å². The van der Waals surface area contributed by atoms with Gasteiger partial charge in [0.05, 0.1) is 30.9 Å². The van der Waals surface area contributed by atoms with Crippen molar-refractivity contribution in [2.45, 2.75) is 31.0 Å². The second kappa shape index (κ2) is 8.35. The van der Waals surface area contributed by atoms with Gasteiger partial charge in [-0.3, -0.25) is 0 Å². The van der Waals surface area contributed by atoms with Gasteiger partial charge in [0, 0.05) is 17.3 Å². The van der Waals surface area contributed by atoms with Crippen LogP contribution >= 0.6 is 0 Å². The highest BCUT2D eigenvalue weighted by molar-refractivity contribution is 5.80. The van der Waals surface area contributed by atoms with E-state index in [1.807, 2.05) is 60.7 Å². The lowest BCUT2D eigenvalue weighted by molar-refractivity contribution is -0.0446. The fourth-order valence-corrected chi connectivity index (χ4v) is 4.60. The summed E-state index contributed by atoms with van der Waals surface area (Å²) in [5.74, 6) is -0.385. The van der Waals surface area contributed by atoms with Crippen LogP contribution in [0.3, 0.4) is 0 Å². The zero-order valence-electron chi connectivity index (χ0n) is 17.8. The Labute approximate surface area is 189 Å². The highest BCUT2D eigenvalue weighted by Gasteiger charge is 2.47. The van der Waals surface area contributed by atoms with Crippen LogP contribution in [0.5, 0.6) is 0 Å². The molecule has 2 fully saturated rings. The van der Waals surface area contributed by atoms with Gasteiger partial charge in [0.15, 0.2) is 5.82 Å². The summed E-state index contributed by atoms with van der Waals surface area (Å²) in [6, 6.07) is 21.1. The summed E-state index contributed by atoms with van der Waals surface area (Å²) in [5.41, 5.74) is 5.29. The molecule has 0 spiro atoms. The second-order valence-corrected chi connectivity index (χ2v) is 8.50. The van der Waals surface area contributed by atoms with E-state index in [0.29, 0.717) is 23.3 Å². The molecule has 6 nitrogen and oxygen atoms in total. The molecule has 2 aliphatic heterocycles. The first-order valence-corrected chi connectivity index (χ1v) is 11.0. The summed E-state index contributed by atoms with van der Waals surface area (Å²) >= 11 is 0. The number of aromatic amines is 1. The van der Waals surface area contributed by atoms with Crippen molar-refractivity contribution in [1.82, 2.24) is 9.97 Å². The molecule has 0 aliphatic carbocycles. The number of hydrogen-bond acceptors (Lipinski definition) is 5. The zero-order chi connectivity index (χ0) is 22.4. The van der Waals surface area contributed by atoms with Crippen molar-refractivity contribution in [3.63, 3.8) is 0 Å². The molecular weight excluding hydrogens is 423 g/mol. The summed E-state index contributed by atoms with van der Waals surface area (Å²) in [7, 11) is 0. The molecule has 168 valence electrons. The van der Waals surface area contributed by atoms with E-state index in [4.69, 9.17) is 14.2 Å². The molecular formula is C26H23FN2O4. The highest BCUT2D eigenvalue weighted by Crippen LogP contribution is 2.30. The molecule has 4 aromatic rings. The third kappa shape index (κ3) is 3.83. The number of fused-ring (bicyclic) bond motifs is 2. The Morgan fingerprint density at radius 1 is 0.939 bits per heavy atom. The number of aliphatic hydroxyl groups excluding tert-OH is 1. The topological polar surface area (TPSA) is 76.6 Å². The van der Waals surface area contributed by atoms with Crippen molar-refractivity contribution in [2.75, 3.05) is 13.2 Å². The molecule has 4 atom stereocenters. The summed E-state index contributed by atoms with van der Waals surface area (Å²) in [6.45, 7) is 0.929. The molecule has 0 radical (unpaired) electrons. The van der Waals surface area contributed by atoms with Crippen LogP contribution in [0.15, 0.2) is 66.7 Å². The highest BCUT2D eigenvalue weighted by atomic mass is 19.1. The van der Waals surface area contributed by atoms with Crippen LogP contribution in [0.25, 0.3) is 33.4 Å².